The summed E-state index contributed by atoms with van der Waals surface area (Å²) in [6, 6.07) is 0.355. The summed E-state index contributed by atoms with van der Waals surface area (Å²) < 4.78 is 10.1. The number of rotatable bonds is 4. The average Bonchev–Trinajstić information content (AvgIpc) is 2.38. The Balaban J connectivity index is 1.99. The standard InChI is InChI=1S/C8H8N6O2/c1-15-7-12-5-13-8(14-7)16-2-6-10-3-9-4-11-6/h3-5H,2H2,1H3. The van der Waals surface area contributed by atoms with Crippen molar-refractivity contribution < 1.29 is 9.47 Å². The third kappa shape index (κ3) is 2.56. The van der Waals surface area contributed by atoms with Crippen LogP contribution in [0.3, 0.4) is 0 Å². The molecule has 2 aromatic rings. The summed E-state index contributed by atoms with van der Waals surface area (Å²) in [5.74, 6) is 0.495. The predicted octanol–water partition coefficient (Wildman–Crippen LogP) is -0.356. The lowest BCUT2D eigenvalue weighted by Gasteiger charge is -2.02. The molecule has 0 N–H and O–H groups in total. The van der Waals surface area contributed by atoms with Crippen LogP contribution in [-0.4, -0.2) is 37.0 Å². The van der Waals surface area contributed by atoms with E-state index in [0.717, 1.165) is 0 Å². The van der Waals surface area contributed by atoms with Gasteiger partial charge in [0.05, 0.1) is 7.11 Å². The van der Waals surface area contributed by atoms with Crippen molar-refractivity contribution in [2.75, 3.05) is 7.11 Å². The van der Waals surface area contributed by atoms with E-state index in [1.54, 1.807) is 0 Å². The van der Waals surface area contributed by atoms with Crippen molar-refractivity contribution in [3.8, 4) is 12.0 Å². The van der Waals surface area contributed by atoms with Crippen molar-refractivity contribution in [2.45, 2.75) is 6.61 Å². The van der Waals surface area contributed by atoms with E-state index in [4.69, 9.17) is 9.47 Å². The van der Waals surface area contributed by atoms with Gasteiger partial charge in [-0.25, -0.2) is 15.0 Å². The van der Waals surface area contributed by atoms with Crippen LogP contribution in [0.2, 0.25) is 0 Å². The Kier molecular flexibility index (Phi) is 3.12. The summed E-state index contributed by atoms with van der Waals surface area (Å²) in [5, 5.41) is 0. The minimum absolute atomic E-state index is 0.160. The van der Waals surface area contributed by atoms with Crippen LogP contribution in [-0.2, 0) is 6.61 Å². The number of methoxy groups -OCH3 is 1. The van der Waals surface area contributed by atoms with Crippen molar-refractivity contribution in [1.29, 1.82) is 0 Å². The summed E-state index contributed by atoms with van der Waals surface area (Å²) in [6.07, 6.45) is 4.08. The van der Waals surface area contributed by atoms with Crippen LogP contribution in [0.15, 0.2) is 19.0 Å². The van der Waals surface area contributed by atoms with Gasteiger partial charge in [0.25, 0.3) is 0 Å². The topological polar surface area (TPSA) is 95.8 Å². The number of hydrogen-bond acceptors (Lipinski definition) is 8. The molecule has 0 spiro atoms. The van der Waals surface area contributed by atoms with Crippen molar-refractivity contribution in [1.82, 2.24) is 29.9 Å². The number of nitrogens with zero attached hydrogens (tertiary/aromatic N) is 6. The lowest BCUT2D eigenvalue weighted by Crippen LogP contribution is -2.04. The second-order valence-corrected chi connectivity index (χ2v) is 2.60. The zero-order valence-corrected chi connectivity index (χ0v) is 8.44. The summed E-state index contributed by atoms with van der Waals surface area (Å²) in [4.78, 5) is 22.9. The molecule has 16 heavy (non-hydrogen) atoms. The zero-order valence-electron chi connectivity index (χ0n) is 8.44. The maximum Gasteiger partial charge on any atom is 0.323 e. The minimum Gasteiger partial charge on any atom is -0.467 e. The lowest BCUT2D eigenvalue weighted by atomic mass is 10.6. The van der Waals surface area contributed by atoms with Gasteiger partial charge in [-0.1, -0.05) is 0 Å². The molecule has 2 aromatic heterocycles. The van der Waals surface area contributed by atoms with Crippen LogP contribution in [0, 0.1) is 0 Å². The molecule has 0 aliphatic carbocycles. The van der Waals surface area contributed by atoms with Gasteiger partial charge in [-0.3, -0.25) is 0 Å². The highest BCUT2D eigenvalue weighted by atomic mass is 16.5. The summed E-state index contributed by atoms with van der Waals surface area (Å²) in [6.45, 7) is 0.162. The second-order valence-electron chi connectivity index (χ2n) is 2.60. The smallest absolute Gasteiger partial charge is 0.323 e. The molecule has 2 heterocycles. The van der Waals surface area contributed by atoms with E-state index in [1.807, 2.05) is 0 Å². The highest BCUT2D eigenvalue weighted by molar-refractivity contribution is 4.99. The van der Waals surface area contributed by atoms with Gasteiger partial charge in [0, 0.05) is 0 Å². The molecule has 0 aromatic carbocycles. The molecular formula is C8H8N6O2. The van der Waals surface area contributed by atoms with E-state index >= 15 is 0 Å². The molecule has 0 radical (unpaired) electrons. The Morgan fingerprint density at radius 3 is 2.50 bits per heavy atom. The van der Waals surface area contributed by atoms with Crippen LogP contribution < -0.4 is 9.47 Å². The third-order valence-corrected chi connectivity index (χ3v) is 1.59. The maximum absolute atomic E-state index is 5.24. The third-order valence-electron chi connectivity index (χ3n) is 1.59. The molecule has 8 heteroatoms. The van der Waals surface area contributed by atoms with Gasteiger partial charge in [0.15, 0.2) is 12.4 Å². The molecular weight excluding hydrogens is 212 g/mol. The van der Waals surface area contributed by atoms with Crippen LogP contribution in [0.4, 0.5) is 0 Å². The largest absolute Gasteiger partial charge is 0.467 e. The van der Waals surface area contributed by atoms with Crippen LogP contribution in [0.5, 0.6) is 12.0 Å². The molecule has 0 saturated carbocycles. The molecule has 2 rings (SSSR count). The fourth-order valence-corrected chi connectivity index (χ4v) is 0.902. The normalized spacial score (nSPS) is 9.81. The quantitative estimate of drug-likeness (QED) is 0.689. The van der Waals surface area contributed by atoms with Crippen LogP contribution in [0.25, 0.3) is 0 Å². The van der Waals surface area contributed by atoms with Crippen LogP contribution >= 0.6 is 0 Å². The molecule has 8 nitrogen and oxygen atoms in total. The summed E-state index contributed by atoms with van der Waals surface area (Å²) in [7, 11) is 1.46. The van der Waals surface area contributed by atoms with E-state index in [9.17, 15) is 0 Å². The minimum atomic E-state index is 0.160. The number of ether oxygens (including phenoxy) is 2. The highest BCUT2D eigenvalue weighted by Gasteiger charge is 2.02. The van der Waals surface area contributed by atoms with Gasteiger partial charge < -0.3 is 9.47 Å². The lowest BCUT2D eigenvalue weighted by molar-refractivity contribution is 0.261. The SMILES string of the molecule is COc1ncnc(OCc2ncncn2)n1. The van der Waals surface area contributed by atoms with Gasteiger partial charge in [-0.2, -0.15) is 9.97 Å². The maximum atomic E-state index is 5.24. The van der Waals surface area contributed by atoms with Crippen molar-refractivity contribution in [2.24, 2.45) is 0 Å². The molecule has 0 saturated heterocycles. The number of aromatic nitrogens is 6. The van der Waals surface area contributed by atoms with E-state index in [1.165, 1.54) is 26.1 Å². The van der Waals surface area contributed by atoms with E-state index in [0.29, 0.717) is 5.82 Å². The second kappa shape index (κ2) is 4.91. The Morgan fingerprint density at radius 2 is 1.75 bits per heavy atom. The number of hydrogen-bond donors (Lipinski definition) is 0. The predicted molar refractivity (Wildman–Crippen MR) is 50.5 cm³/mol. The van der Waals surface area contributed by atoms with Crippen molar-refractivity contribution >= 4 is 0 Å². The monoisotopic (exact) mass is 220 g/mol. The van der Waals surface area contributed by atoms with Gasteiger partial charge in [-0.15, -0.1) is 4.98 Å². The summed E-state index contributed by atoms with van der Waals surface area (Å²) in [5.41, 5.74) is 0. The van der Waals surface area contributed by atoms with Gasteiger partial charge in [0.2, 0.25) is 0 Å². The zero-order chi connectivity index (χ0) is 11.2. The fraction of sp³-hybridized carbons (Fsp3) is 0.250. The Labute approximate surface area is 90.8 Å². The molecule has 0 aliphatic rings. The Morgan fingerprint density at radius 1 is 1.00 bits per heavy atom. The van der Waals surface area contributed by atoms with E-state index in [-0.39, 0.29) is 18.6 Å². The summed E-state index contributed by atoms with van der Waals surface area (Å²) >= 11 is 0. The van der Waals surface area contributed by atoms with Gasteiger partial charge in [0.1, 0.15) is 19.0 Å². The molecule has 0 bridgehead atoms. The van der Waals surface area contributed by atoms with Gasteiger partial charge >= 0.3 is 12.0 Å². The van der Waals surface area contributed by atoms with Gasteiger partial charge in [-0.05, 0) is 0 Å². The van der Waals surface area contributed by atoms with E-state index in [2.05, 4.69) is 29.9 Å². The molecule has 0 aliphatic heterocycles. The van der Waals surface area contributed by atoms with E-state index < -0.39 is 0 Å². The first-order valence-corrected chi connectivity index (χ1v) is 4.35. The first kappa shape index (κ1) is 10.1. The average molecular weight is 220 g/mol. The fourth-order valence-electron chi connectivity index (χ4n) is 0.902. The first-order chi connectivity index (χ1) is 7.88. The molecule has 0 unspecified atom stereocenters. The van der Waals surface area contributed by atoms with Crippen molar-refractivity contribution in [3.05, 3.63) is 24.8 Å². The Hall–Kier alpha value is -2.38. The Bertz CT molecular complexity index is 451. The van der Waals surface area contributed by atoms with Crippen molar-refractivity contribution in [3.63, 3.8) is 0 Å². The molecule has 82 valence electrons. The highest BCUT2D eigenvalue weighted by Crippen LogP contribution is 2.06. The molecule has 0 atom stereocenters. The molecule has 0 amide bonds. The first-order valence-electron chi connectivity index (χ1n) is 4.35. The molecule has 0 fully saturated rings. The van der Waals surface area contributed by atoms with Crippen LogP contribution in [0.1, 0.15) is 5.82 Å².